The minimum atomic E-state index is -1.17. The molecule has 2 aromatic carbocycles. The number of carbonyl (C=O) groups is 2. The van der Waals surface area contributed by atoms with E-state index in [-0.39, 0.29) is 6.61 Å². The number of nitrogens with one attached hydrogen (secondary N) is 1. The van der Waals surface area contributed by atoms with Crippen LogP contribution < -0.4 is 29.2 Å². The van der Waals surface area contributed by atoms with E-state index in [0.29, 0.717) is 41.9 Å². The number of methoxy groups -OCH3 is 4. The molecule has 0 saturated carbocycles. The monoisotopic (exact) mass is 526 g/mol. The lowest BCUT2D eigenvalue weighted by molar-refractivity contribution is -0.153. The number of hydrogen-bond acceptors (Lipinski definition) is 10. The number of rotatable bonds is 8. The van der Waals surface area contributed by atoms with Gasteiger partial charge in [0.2, 0.25) is 17.6 Å². The molecule has 1 amide bonds. The highest BCUT2D eigenvalue weighted by Crippen LogP contribution is 2.42. The number of piperazine rings is 1. The Labute approximate surface area is 222 Å². The van der Waals surface area contributed by atoms with Gasteiger partial charge in [0.15, 0.2) is 17.4 Å². The molecule has 4 rings (SSSR count). The summed E-state index contributed by atoms with van der Waals surface area (Å²) in [6.07, 6.45) is 0. The van der Waals surface area contributed by atoms with Crippen LogP contribution in [0.5, 0.6) is 23.0 Å². The zero-order valence-corrected chi connectivity index (χ0v) is 22.4. The Balaban J connectivity index is 1.64. The summed E-state index contributed by atoms with van der Waals surface area (Å²) < 4.78 is 27.0. The number of carbonyl (C=O) groups excluding carboxylic acids is 2. The number of guanidine groups is 1. The maximum atomic E-state index is 13.3. The number of amides is 1. The Morgan fingerprint density at radius 2 is 1.61 bits per heavy atom. The third-order valence-electron chi connectivity index (χ3n) is 6.66. The summed E-state index contributed by atoms with van der Waals surface area (Å²) in [7, 11) is 6.17. The molecule has 0 unspecified atom stereocenters. The van der Waals surface area contributed by atoms with Crippen LogP contribution in [-0.2, 0) is 14.3 Å². The van der Waals surface area contributed by atoms with Gasteiger partial charge in [-0.05, 0) is 36.8 Å². The average Bonchev–Trinajstić information content (AvgIpc) is 2.96. The SMILES string of the molecule is CCOC(=O)[C@@H]1C(=O)NC(N2CCN(c3cccc(OC)c3)CC2)=N[C@H]1c1cc(OC)c(OC)c(OC)c1. The van der Waals surface area contributed by atoms with Crippen molar-refractivity contribution in [2.24, 2.45) is 10.9 Å². The van der Waals surface area contributed by atoms with Gasteiger partial charge in [0.05, 0.1) is 35.0 Å². The lowest BCUT2D eigenvalue weighted by Crippen LogP contribution is -2.57. The van der Waals surface area contributed by atoms with Gasteiger partial charge in [0.1, 0.15) is 11.8 Å². The van der Waals surface area contributed by atoms with Gasteiger partial charge < -0.3 is 33.5 Å². The van der Waals surface area contributed by atoms with E-state index < -0.39 is 23.8 Å². The Morgan fingerprint density at radius 1 is 0.947 bits per heavy atom. The van der Waals surface area contributed by atoms with Crippen LogP contribution in [0.3, 0.4) is 0 Å². The van der Waals surface area contributed by atoms with Crippen LogP contribution in [0, 0.1) is 5.92 Å². The molecular formula is C27H34N4O7. The fourth-order valence-corrected chi connectivity index (χ4v) is 4.72. The number of hydrogen-bond donors (Lipinski definition) is 1. The Bertz CT molecular complexity index is 1170. The highest BCUT2D eigenvalue weighted by molar-refractivity contribution is 6.08. The van der Waals surface area contributed by atoms with Crippen LogP contribution in [-0.4, -0.2) is 84.0 Å². The number of nitrogens with zero attached hydrogens (tertiary/aromatic N) is 3. The van der Waals surface area contributed by atoms with Gasteiger partial charge in [-0.25, -0.2) is 4.99 Å². The summed E-state index contributed by atoms with van der Waals surface area (Å²) in [5.74, 6) is 0.144. The highest BCUT2D eigenvalue weighted by Gasteiger charge is 2.43. The van der Waals surface area contributed by atoms with Crippen LogP contribution in [0.25, 0.3) is 0 Å². The van der Waals surface area contributed by atoms with Crippen molar-refractivity contribution in [2.45, 2.75) is 13.0 Å². The number of esters is 1. The molecule has 2 aliphatic heterocycles. The van der Waals surface area contributed by atoms with E-state index in [0.717, 1.165) is 24.5 Å². The first-order valence-electron chi connectivity index (χ1n) is 12.4. The molecule has 0 spiro atoms. The summed E-state index contributed by atoms with van der Waals surface area (Å²) in [6.45, 7) is 4.54. The summed E-state index contributed by atoms with van der Waals surface area (Å²) in [5, 5.41) is 2.84. The molecule has 0 radical (unpaired) electrons. The highest BCUT2D eigenvalue weighted by atomic mass is 16.5. The van der Waals surface area contributed by atoms with Crippen molar-refractivity contribution in [1.29, 1.82) is 0 Å². The van der Waals surface area contributed by atoms with E-state index in [1.165, 1.54) is 21.3 Å². The van der Waals surface area contributed by atoms with Gasteiger partial charge in [0.25, 0.3) is 0 Å². The number of anilines is 1. The quantitative estimate of drug-likeness (QED) is 0.409. The van der Waals surface area contributed by atoms with Crippen LogP contribution in [0.1, 0.15) is 18.5 Å². The van der Waals surface area contributed by atoms with Crippen molar-refractivity contribution in [3.63, 3.8) is 0 Å². The first-order chi connectivity index (χ1) is 18.4. The molecule has 2 atom stereocenters. The van der Waals surface area contributed by atoms with Crippen molar-refractivity contribution in [2.75, 3.05) is 66.1 Å². The second-order valence-corrected chi connectivity index (χ2v) is 8.75. The largest absolute Gasteiger partial charge is 0.497 e. The molecule has 11 heteroatoms. The fourth-order valence-electron chi connectivity index (χ4n) is 4.72. The van der Waals surface area contributed by atoms with E-state index in [9.17, 15) is 9.59 Å². The lowest BCUT2D eigenvalue weighted by Gasteiger charge is -2.39. The van der Waals surface area contributed by atoms with Gasteiger partial charge in [-0.15, -0.1) is 0 Å². The average molecular weight is 527 g/mol. The number of benzene rings is 2. The van der Waals surface area contributed by atoms with Crippen molar-refractivity contribution >= 4 is 23.5 Å². The van der Waals surface area contributed by atoms with Crippen LogP contribution in [0.15, 0.2) is 41.4 Å². The summed E-state index contributed by atoms with van der Waals surface area (Å²) in [5.41, 5.74) is 1.64. The summed E-state index contributed by atoms with van der Waals surface area (Å²) in [4.78, 5) is 35.3. The molecule has 0 bridgehead atoms. The van der Waals surface area contributed by atoms with Crippen LogP contribution in [0.2, 0.25) is 0 Å². The van der Waals surface area contributed by atoms with Crippen LogP contribution in [0.4, 0.5) is 5.69 Å². The molecule has 38 heavy (non-hydrogen) atoms. The topological polar surface area (TPSA) is 111 Å². The third kappa shape index (κ3) is 5.41. The smallest absolute Gasteiger partial charge is 0.321 e. The fraction of sp³-hybridized carbons (Fsp3) is 0.444. The standard InChI is InChI=1S/C27H34N4O7/c1-6-38-26(33)22-23(17-14-20(35-3)24(37-5)21(15-17)36-4)28-27(29-25(22)32)31-12-10-30(11-13-31)18-8-7-9-19(16-18)34-2/h7-9,14-16,22-23H,6,10-13H2,1-5H3,(H,28,29,32)/t22-,23-/m0/s1. The second kappa shape index (κ2) is 11.9. The van der Waals surface area contributed by atoms with Gasteiger partial charge in [0, 0.05) is 37.9 Å². The zero-order chi connectivity index (χ0) is 27.2. The third-order valence-corrected chi connectivity index (χ3v) is 6.66. The second-order valence-electron chi connectivity index (χ2n) is 8.75. The molecular weight excluding hydrogens is 492 g/mol. The van der Waals surface area contributed by atoms with Gasteiger partial charge >= 0.3 is 5.97 Å². The maximum Gasteiger partial charge on any atom is 0.321 e. The van der Waals surface area contributed by atoms with E-state index in [1.807, 2.05) is 29.2 Å². The zero-order valence-electron chi connectivity index (χ0n) is 22.4. The molecule has 1 saturated heterocycles. The van der Waals surface area contributed by atoms with E-state index in [2.05, 4.69) is 10.2 Å². The van der Waals surface area contributed by atoms with Gasteiger partial charge in [-0.1, -0.05) is 6.07 Å². The first-order valence-corrected chi connectivity index (χ1v) is 12.4. The Morgan fingerprint density at radius 3 is 2.18 bits per heavy atom. The van der Waals surface area contributed by atoms with Crippen LogP contribution >= 0.6 is 0 Å². The van der Waals surface area contributed by atoms with Gasteiger partial charge in [-0.3, -0.25) is 14.9 Å². The van der Waals surface area contributed by atoms with Crippen molar-refractivity contribution < 1.29 is 33.3 Å². The van der Waals surface area contributed by atoms with Crippen molar-refractivity contribution in [3.05, 3.63) is 42.0 Å². The molecule has 2 aromatic rings. The van der Waals surface area contributed by atoms with Crippen molar-refractivity contribution in [1.82, 2.24) is 10.2 Å². The molecule has 0 aromatic heterocycles. The van der Waals surface area contributed by atoms with E-state index in [4.69, 9.17) is 28.7 Å². The predicted octanol–water partition coefficient (Wildman–Crippen LogP) is 2.25. The molecule has 0 aliphatic carbocycles. The normalized spacial score (nSPS) is 19.3. The molecule has 2 heterocycles. The van der Waals surface area contributed by atoms with E-state index in [1.54, 1.807) is 26.2 Å². The lowest BCUT2D eigenvalue weighted by atomic mass is 9.90. The summed E-state index contributed by atoms with van der Waals surface area (Å²) >= 11 is 0. The van der Waals surface area contributed by atoms with Gasteiger partial charge in [-0.2, -0.15) is 0 Å². The minimum Gasteiger partial charge on any atom is -0.497 e. The minimum absolute atomic E-state index is 0.146. The maximum absolute atomic E-state index is 13.3. The molecule has 11 nitrogen and oxygen atoms in total. The van der Waals surface area contributed by atoms with Crippen molar-refractivity contribution in [3.8, 4) is 23.0 Å². The number of ether oxygens (including phenoxy) is 5. The Hall–Kier alpha value is -4.15. The van der Waals surface area contributed by atoms with E-state index >= 15 is 0 Å². The molecule has 1 N–H and O–H groups in total. The summed E-state index contributed by atoms with van der Waals surface area (Å²) in [6, 6.07) is 10.5. The molecule has 1 fully saturated rings. The molecule has 2 aliphatic rings. The predicted molar refractivity (Wildman–Crippen MR) is 141 cm³/mol. The first kappa shape index (κ1) is 26.9. The Kier molecular flexibility index (Phi) is 8.45. The number of aliphatic imine (C=N–C) groups is 1. The molecule has 204 valence electrons.